The number of aromatic nitrogens is 5. The van der Waals surface area contributed by atoms with Crippen LogP contribution in [-0.2, 0) is 13.0 Å². The lowest BCUT2D eigenvalue weighted by Crippen LogP contribution is -2.39. The van der Waals surface area contributed by atoms with E-state index in [-0.39, 0.29) is 6.04 Å². The van der Waals surface area contributed by atoms with E-state index in [1.807, 2.05) is 29.1 Å². The molecule has 3 aromatic rings. The number of nitrogens with zero attached hydrogens (tertiary/aromatic N) is 5. The van der Waals surface area contributed by atoms with Gasteiger partial charge in [-0.3, -0.25) is 0 Å². The van der Waals surface area contributed by atoms with E-state index < -0.39 is 0 Å². The van der Waals surface area contributed by atoms with E-state index in [2.05, 4.69) is 25.5 Å². The zero-order valence-corrected chi connectivity index (χ0v) is 13.0. The van der Waals surface area contributed by atoms with Crippen LogP contribution >= 0.6 is 11.3 Å². The zero-order chi connectivity index (χ0) is 14.9. The van der Waals surface area contributed by atoms with Crippen LogP contribution in [0.4, 0.5) is 0 Å². The fourth-order valence-corrected chi connectivity index (χ4v) is 3.36. The summed E-state index contributed by atoms with van der Waals surface area (Å²) in [7, 11) is 0. The van der Waals surface area contributed by atoms with Crippen molar-refractivity contribution in [2.45, 2.75) is 38.4 Å². The Morgan fingerprint density at radius 3 is 3.32 bits per heavy atom. The van der Waals surface area contributed by atoms with Gasteiger partial charge in [-0.2, -0.15) is 10.1 Å². The molecule has 7 nitrogen and oxygen atoms in total. The first-order valence-electron chi connectivity index (χ1n) is 7.30. The summed E-state index contributed by atoms with van der Waals surface area (Å²) >= 11 is 1.61. The van der Waals surface area contributed by atoms with Gasteiger partial charge >= 0.3 is 0 Å². The summed E-state index contributed by atoms with van der Waals surface area (Å²) in [6.07, 6.45) is 3.59. The fourth-order valence-electron chi connectivity index (χ4n) is 2.72. The van der Waals surface area contributed by atoms with Crippen LogP contribution < -0.4 is 5.32 Å². The lowest BCUT2D eigenvalue weighted by Gasteiger charge is -2.25. The molecule has 0 spiro atoms. The molecule has 4 heterocycles. The summed E-state index contributed by atoms with van der Waals surface area (Å²) in [6, 6.07) is 4.32. The third kappa shape index (κ3) is 2.55. The molecule has 0 aromatic carbocycles. The molecular formula is C14H16N6OS. The van der Waals surface area contributed by atoms with E-state index in [1.165, 1.54) is 0 Å². The largest absolute Gasteiger partial charge is 0.337 e. The smallest absolute Gasteiger partial charge is 0.243 e. The number of aryl methyl sites for hydroxylation is 1. The van der Waals surface area contributed by atoms with Gasteiger partial charge in [0.05, 0.1) is 17.5 Å². The molecule has 4 rings (SSSR count). The second-order valence-electron chi connectivity index (χ2n) is 5.42. The predicted molar refractivity (Wildman–Crippen MR) is 81.3 cm³/mol. The lowest BCUT2D eigenvalue weighted by molar-refractivity contribution is 0.288. The first kappa shape index (κ1) is 13.6. The van der Waals surface area contributed by atoms with Crippen LogP contribution in [0.3, 0.4) is 0 Å². The summed E-state index contributed by atoms with van der Waals surface area (Å²) in [4.78, 5) is 9.75. The Labute approximate surface area is 131 Å². The first-order chi connectivity index (χ1) is 10.8. The molecule has 0 fully saturated rings. The van der Waals surface area contributed by atoms with Crippen molar-refractivity contribution in [1.29, 1.82) is 0 Å². The van der Waals surface area contributed by atoms with E-state index in [4.69, 9.17) is 4.52 Å². The standard InChI is InChI=1S/C14H16N6OS/c1-9(14-18-13(19-21-14)11-3-2-6-22-11)17-10-4-5-12-15-8-16-20(12)7-10/h2-3,6,8-10,17H,4-5,7H2,1H3/t9-,10+/m1/s1. The maximum atomic E-state index is 5.39. The van der Waals surface area contributed by atoms with Crippen molar-refractivity contribution in [3.8, 4) is 10.7 Å². The van der Waals surface area contributed by atoms with Crippen molar-refractivity contribution in [1.82, 2.24) is 30.2 Å². The monoisotopic (exact) mass is 316 g/mol. The minimum absolute atomic E-state index is 0.0104. The quantitative estimate of drug-likeness (QED) is 0.793. The third-order valence-corrected chi connectivity index (χ3v) is 4.71. The minimum Gasteiger partial charge on any atom is -0.337 e. The van der Waals surface area contributed by atoms with Gasteiger partial charge in [-0.1, -0.05) is 11.2 Å². The second-order valence-corrected chi connectivity index (χ2v) is 6.36. The average Bonchev–Trinajstić information content (AvgIpc) is 3.26. The van der Waals surface area contributed by atoms with Crippen LogP contribution in [0.5, 0.6) is 0 Å². The number of nitrogens with one attached hydrogen (secondary N) is 1. The average molecular weight is 316 g/mol. The van der Waals surface area contributed by atoms with Gasteiger partial charge in [-0.05, 0) is 24.8 Å². The molecule has 0 amide bonds. The summed E-state index contributed by atoms with van der Waals surface area (Å²) in [5, 5.41) is 13.8. The molecule has 22 heavy (non-hydrogen) atoms. The van der Waals surface area contributed by atoms with Gasteiger partial charge in [0.15, 0.2) is 0 Å². The van der Waals surface area contributed by atoms with Crippen LogP contribution in [0.1, 0.15) is 31.1 Å². The summed E-state index contributed by atoms with van der Waals surface area (Å²) in [6.45, 7) is 2.87. The summed E-state index contributed by atoms with van der Waals surface area (Å²) in [5.74, 6) is 2.33. The molecule has 0 radical (unpaired) electrons. The number of thiophene rings is 1. The maximum Gasteiger partial charge on any atom is 0.243 e. The van der Waals surface area contributed by atoms with Crippen molar-refractivity contribution in [2.24, 2.45) is 0 Å². The predicted octanol–water partition coefficient (Wildman–Crippen LogP) is 2.06. The van der Waals surface area contributed by atoms with E-state index in [0.717, 1.165) is 30.1 Å². The Balaban J connectivity index is 1.43. The Bertz CT molecular complexity index is 749. The lowest BCUT2D eigenvalue weighted by atomic mass is 10.1. The SMILES string of the molecule is C[C@@H](N[C@H]1CCc2ncnn2C1)c1nc(-c2cccs2)no1. The Morgan fingerprint density at radius 1 is 1.50 bits per heavy atom. The molecular weight excluding hydrogens is 300 g/mol. The van der Waals surface area contributed by atoms with Crippen molar-refractivity contribution < 1.29 is 4.52 Å². The van der Waals surface area contributed by atoms with Gasteiger partial charge in [0.1, 0.15) is 12.2 Å². The number of hydrogen-bond donors (Lipinski definition) is 1. The highest BCUT2D eigenvalue weighted by Gasteiger charge is 2.23. The van der Waals surface area contributed by atoms with Crippen LogP contribution in [0.25, 0.3) is 10.7 Å². The topological polar surface area (TPSA) is 81.7 Å². The van der Waals surface area contributed by atoms with Gasteiger partial charge in [0, 0.05) is 12.5 Å². The molecule has 0 aliphatic carbocycles. The second kappa shape index (κ2) is 5.62. The van der Waals surface area contributed by atoms with Crippen LogP contribution in [0.2, 0.25) is 0 Å². The molecule has 1 N–H and O–H groups in total. The number of hydrogen-bond acceptors (Lipinski definition) is 7. The van der Waals surface area contributed by atoms with Crippen molar-refractivity contribution >= 4 is 11.3 Å². The fraction of sp³-hybridized carbons (Fsp3) is 0.429. The molecule has 0 saturated heterocycles. The van der Waals surface area contributed by atoms with Gasteiger partial charge < -0.3 is 9.84 Å². The number of rotatable bonds is 4. The van der Waals surface area contributed by atoms with E-state index in [1.54, 1.807) is 17.7 Å². The van der Waals surface area contributed by atoms with Gasteiger partial charge in [0.2, 0.25) is 11.7 Å². The third-order valence-electron chi connectivity index (χ3n) is 3.84. The normalized spacial score (nSPS) is 19.0. The van der Waals surface area contributed by atoms with E-state index in [0.29, 0.717) is 17.8 Å². The molecule has 1 aliphatic heterocycles. The summed E-state index contributed by atoms with van der Waals surface area (Å²) < 4.78 is 7.35. The van der Waals surface area contributed by atoms with E-state index >= 15 is 0 Å². The van der Waals surface area contributed by atoms with Crippen LogP contribution in [0.15, 0.2) is 28.4 Å². The summed E-state index contributed by atoms with van der Waals surface area (Å²) in [5.41, 5.74) is 0. The van der Waals surface area contributed by atoms with Crippen molar-refractivity contribution in [3.63, 3.8) is 0 Å². The number of fused-ring (bicyclic) bond motifs is 1. The first-order valence-corrected chi connectivity index (χ1v) is 8.18. The van der Waals surface area contributed by atoms with Gasteiger partial charge in [-0.15, -0.1) is 11.3 Å². The maximum absolute atomic E-state index is 5.39. The highest BCUT2D eigenvalue weighted by molar-refractivity contribution is 7.13. The van der Waals surface area contributed by atoms with Gasteiger partial charge in [0.25, 0.3) is 0 Å². The van der Waals surface area contributed by atoms with Crippen LogP contribution in [0, 0.1) is 0 Å². The van der Waals surface area contributed by atoms with E-state index in [9.17, 15) is 0 Å². The molecule has 0 saturated carbocycles. The molecule has 3 aromatic heterocycles. The molecule has 114 valence electrons. The highest BCUT2D eigenvalue weighted by atomic mass is 32.1. The molecule has 8 heteroatoms. The van der Waals surface area contributed by atoms with Crippen molar-refractivity contribution in [3.05, 3.63) is 35.6 Å². The molecule has 0 bridgehead atoms. The Kier molecular flexibility index (Phi) is 3.47. The Morgan fingerprint density at radius 2 is 2.45 bits per heavy atom. The molecule has 2 atom stereocenters. The Hall–Kier alpha value is -2.06. The van der Waals surface area contributed by atoms with Gasteiger partial charge in [-0.25, -0.2) is 9.67 Å². The molecule has 1 aliphatic rings. The minimum atomic E-state index is 0.0104. The van der Waals surface area contributed by atoms with Crippen molar-refractivity contribution in [2.75, 3.05) is 0 Å². The molecule has 0 unspecified atom stereocenters. The zero-order valence-electron chi connectivity index (χ0n) is 12.1. The highest BCUT2D eigenvalue weighted by Crippen LogP contribution is 2.23. The van der Waals surface area contributed by atoms with Crippen LogP contribution in [-0.4, -0.2) is 30.9 Å².